The van der Waals surface area contributed by atoms with E-state index in [0.29, 0.717) is 18.1 Å². The van der Waals surface area contributed by atoms with Crippen LogP contribution in [0.1, 0.15) is 34.3 Å². The summed E-state index contributed by atoms with van der Waals surface area (Å²) < 4.78 is 11.5. The monoisotopic (exact) mass is 366 g/mol. The maximum atomic E-state index is 12.9. The predicted octanol–water partition coefficient (Wildman–Crippen LogP) is 3.16. The van der Waals surface area contributed by atoms with Gasteiger partial charge in [0.1, 0.15) is 6.61 Å². The first-order valence-electron chi connectivity index (χ1n) is 9.74. The number of aromatic nitrogens is 1. The Bertz CT molecular complexity index is 801. The number of ketones is 1. The van der Waals surface area contributed by atoms with Gasteiger partial charge in [0.05, 0.1) is 7.11 Å². The van der Waals surface area contributed by atoms with Crippen molar-refractivity contribution < 1.29 is 14.3 Å². The Balaban J connectivity index is 1.46. The molecule has 27 heavy (non-hydrogen) atoms. The number of rotatable bonds is 7. The van der Waals surface area contributed by atoms with E-state index in [4.69, 9.17) is 9.47 Å². The minimum absolute atomic E-state index is 0.0213. The highest BCUT2D eigenvalue weighted by Crippen LogP contribution is 2.37. The van der Waals surface area contributed by atoms with Gasteiger partial charge in [-0.3, -0.25) is 14.7 Å². The zero-order valence-corrected chi connectivity index (χ0v) is 15.8. The van der Waals surface area contributed by atoms with Gasteiger partial charge < -0.3 is 9.47 Å². The van der Waals surface area contributed by atoms with Gasteiger partial charge in [-0.15, -0.1) is 0 Å². The molecule has 1 fully saturated rings. The fourth-order valence-electron chi connectivity index (χ4n) is 4.11. The molecule has 2 aliphatic rings. The van der Waals surface area contributed by atoms with E-state index in [1.165, 1.54) is 12.8 Å². The molecule has 1 aromatic carbocycles. The van der Waals surface area contributed by atoms with Gasteiger partial charge in [-0.25, -0.2) is 0 Å². The van der Waals surface area contributed by atoms with Gasteiger partial charge in [-0.1, -0.05) is 0 Å². The molecule has 5 heteroatoms. The van der Waals surface area contributed by atoms with E-state index in [1.54, 1.807) is 19.5 Å². The average molecular weight is 366 g/mol. The van der Waals surface area contributed by atoms with Gasteiger partial charge in [-0.2, -0.15) is 0 Å². The third kappa shape index (κ3) is 3.98. The second-order valence-corrected chi connectivity index (χ2v) is 7.38. The molecular weight excluding hydrogens is 340 g/mol. The van der Waals surface area contributed by atoms with Crippen LogP contribution in [0.4, 0.5) is 0 Å². The van der Waals surface area contributed by atoms with E-state index in [2.05, 4.69) is 9.88 Å². The molecule has 1 aliphatic heterocycles. The number of hydrogen-bond donors (Lipinski definition) is 0. The number of ether oxygens (including phenoxy) is 2. The summed E-state index contributed by atoms with van der Waals surface area (Å²) in [5.41, 5.74) is 2.99. The van der Waals surface area contributed by atoms with Crippen LogP contribution in [-0.4, -0.2) is 49.0 Å². The number of benzene rings is 1. The number of carbonyl (C=O) groups excluding carboxylic acids is 1. The molecule has 0 N–H and O–H groups in total. The van der Waals surface area contributed by atoms with Crippen LogP contribution in [-0.2, 0) is 12.8 Å². The van der Waals surface area contributed by atoms with Crippen LogP contribution < -0.4 is 9.47 Å². The highest BCUT2D eigenvalue weighted by atomic mass is 16.5. The third-order valence-electron chi connectivity index (χ3n) is 5.59. The lowest BCUT2D eigenvalue weighted by Crippen LogP contribution is -2.25. The zero-order chi connectivity index (χ0) is 18.6. The molecule has 1 atom stereocenters. The van der Waals surface area contributed by atoms with Crippen LogP contribution in [0.2, 0.25) is 0 Å². The van der Waals surface area contributed by atoms with Crippen LogP contribution >= 0.6 is 0 Å². The second kappa shape index (κ2) is 8.09. The van der Waals surface area contributed by atoms with Crippen molar-refractivity contribution in [2.24, 2.45) is 5.92 Å². The molecule has 0 bridgehead atoms. The maximum Gasteiger partial charge on any atom is 0.167 e. The van der Waals surface area contributed by atoms with Crippen LogP contribution in [0.25, 0.3) is 0 Å². The Labute approximate surface area is 160 Å². The van der Waals surface area contributed by atoms with Crippen LogP contribution in [0.5, 0.6) is 11.5 Å². The van der Waals surface area contributed by atoms with Gasteiger partial charge in [0.15, 0.2) is 17.3 Å². The van der Waals surface area contributed by atoms with E-state index < -0.39 is 0 Å². The number of methoxy groups -OCH3 is 1. The topological polar surface area (TPSA) is 51.7 Å². The molecule has 0 spiro atoms. The molecule has 1 saturated heterocycles. The van der Waals surface area contributed by atoms with E-state index >= 15 is 0 Å². The van der Waals surface area contributed by atoms with Crippen molar-refractivity contribution in [3.63, 3.8) is 0 Å². The standard InChI is InChI=1S/C22H26N2O3/c1-26-20-14-17-13-18(12-16-4-6-23-7-5-16)22(25)19(17)15-21(20)27-11-10-24-8-2-3-9-24/h4-7,14-15,18H,2-3,8-13H2,1H3. The molecule has 1 aromatic heterocycles. The van der Waals surface area contributed by atoms with Crippen molar-refractivity contribution >= 4 is 5.78 Å². The van der Waals surface area contributed by atoms with Gasteiger partial charge in [0.25, 0.3) is 0 Å². The van der Waals surface area contributed by atoms with Gasteiger partial charge in [0, 0.05) is 30.4 Å². The van der Waals surface area contributed by atoms with E-state index in [9.17, 15) is 4.79 Å². The number of Topliss-reactive ketones (excluding diaryl/α,β-unsaturated/α-hetero) is 1. The Hall–Kier alpha value is -2.40. The molecule has 1 aliphatic carbocycles. The van der Waals surface area contributed by atoms with E-state index in [0.717, 1.165) is 49.2 Å². The number of fused-ring (bicyclic) bond motifs is 1. The van der Waals surface area contributed by atoms with Crippen molar-refractivity contribution in [2.45, 2.75) is 25.7 Å². The number of hydrogen-bond acceptors (Lipinski definition) is 5. The van der Waals surface area contributed by atoms with Gasteiger partial charge >= 0.3 is 0 Å². The third-order valence-corrected chi connectivity index (χ3v) is 5.59. The maximum absolute atomic E-state index is 12.9. The number of carbonyl (C=O) groups is 1. The van der Waals surface area contributed by atoms with Crippen molar-refractivity contribution in [2.75, 3.05) is 33.4 Å². The summed E-state index contributed by atoms with van der Waals surface area (Å²) in [4.78, 5) is 19.4. The lowest BCUT2D eigenvalue weighted by atomic mass is 9.96. The summed E-state index contributed by atoms with van der Waals surface area (Å²) in [6.07, 6.45) is 7.59. The first-order valence-corrected chi connectivity index (χ1v) is 9.74. The summed E-state index contributed by atoms with van der Waals surface area (Å²) in [5, 5.41) is 0. The van der Waals surface area contributed by atoms with Gasteiger partial charge in [0.2, 0.25) is 0 Å². The smallest absolute Gasteiger partial charge is 0.167 e. The fourth-order valence-corrected chi connectivity index (χ4v) is 4.11. The van der Waals surface area contributed by atoms with Crippen LogP contribution in [0, 0.1) is 5.92 Å². The molecular formula is C22H26N2O3. The fraction of sp³-hybridized carbons (Fsp3) is 0.455. The van der Waals surface area contributed by atoms with Crippen molar-refractivity contribution in [3.8, 4) is 11.5 Å². The lowest BCUT2D eigenvalue weighted by molar-refractivity contribution is 0.0936. The van der Waals surface area contributed by atoms with E-state index in [1.807, 2.05) is 24.3 Å². The van der Waals surface area contributed by atoms with Gasteiger partial charge in [-0.05, 0) is 74.2 Å². The molecule has 142 valence electrons. The summed E-state index contributed by atoms with van der Waals surface area (Å²) in [5.74, 6) is 1.57. The molecule has 0 radical (unpaired) electrons. The van der Waals surface area contributed by atoms with Crippen molar-refractivity contribution in [3.05, 3.63) is 53.3 Å². The summed E-state index contributed by atoms with van der Waals surface area (Å²) >= 11 is 0. The molecule has 2 heterocycles. The predicted molar refractivity (Wildman–Crippen MR) is 104 cm³/mol. The minimum atomic E-state index is -0.0213. The van der Waals surface area contributed by atoms with Crippen molar-refractivity contribution in [1.82, 2.24) is 9.88 Å². The second-order valence-electron chi connectivity index (χ2n) is 7.38. The zero-order valence-electron chi connectivity index (χ0n) is 15.8. The first kappa shape index (κ1) is 18.0. The van der Waals surface area contributed by atoms with E-state index in [-0.39, 0.29) is 11.7 Å². The SMILES string of the molecule is COc1cc2c(cc1OCCN1CCCC1)C(=O)C(Cc1ccncc1)C2. The number of nitrogens with zero attached hydrogens (tertiary/aromatic N) is 2. The molecule has 0 amide bonds. The highest BCUT2D eigenvalue weighted by molar-refractivity contribution is 6.03. The summed E-state index contributed by atoms with van der Waals surface area (Å²) in [6.45, 7) is 3.84. The Morgan fingerprint density at radius 1 is 1.15 bits per heavy atom. The average Bonchev–Trinajstić information content (AvgIpc) is 3.31. The highest BCUT2D eigenvalue weighted by Gasteiger charge is 2.32. The minimum Gasteiger partial charge on any atom is -0.493 e. The quantitative estimate of drug-likeness (QED) is 0.753. The summed E-state index contributed by atoms with van der Waals surface area (Å²) in [7, 11) is 1.65. The largest absolute Gasteiger partial charge is 0.493 e. The molecule has 5 nitrogen and oxygen atoms in total. The number of likely N-dealkylation sites (tertiary alicyclic amines) is 1. The van der Waals surface area contributed by atoms with Crippen LogP contribution in [0.3, 0.4) is 0 Å². The normalized spacial score (nSPS) is 19.3. The lowest BCUT2D eigenvalue weighted by Gasteiger charge is -2.16. The Kier molecular flexibility index (Phi) is 5.39. The van der Waals surface area contributed by atoms with Crippen molar-refractivity contribution in [1.29, 1.82) is 0 Å². The molecule has 4 rings (SSSR count). The molecule has 0 saturated carbocycles. The molecule has 1 unspecified atom stereocenters. The van der Waals surface area contributed by atoms with Crippen LogP contribution in [0.15, 0.2) is 36.7 Å². The first-order chi connectivity index (χ1) is 13.2. The summed E-state index contributed by atoms with van der Waals surface area (Å²) in [6, 6.07) is 7.81. The number of pyridine rings is 1. The molecule has 2 aromatic rings. The Morgan fingerprint density at radius 3 is 2.67 bits per heavy atom. The Morgan fingerprint density at radius 2 is 1.93 bits per heavy atom.